The molecular formula is C8H8O. The Morgan fingerprint density at radius 3 is 2.78 bits per heavy atom. The van der Waals surface area contributed by atoms with Gasteiger partial charge < -0.3 is 4.74 Å². The second-order valence-corrected chi connectivity index (χ2v) is 1.87. The largest absolute Gasteiger partial charge is 0.489 e. The van der Waals surface area contributed by atoms with Crippen molar-refractivity contribution in [1.82, 2.24) is 0 Å². The number of hydrogen-bond acceptors (Lipinski definition) is 1. The van der Waals surface area contributed by atoms with Gasteiger partial charge in [-0.3, -0.25) is 0 Å². The van der Waals surface area contributed by atoms with Crippen molar-refractivity contribution in [2.45, 2.75) is 6.92 Å². The zero-order valence-electron chi connectivity index (χ0n) is 5.56. The van der Waals surface area contributed by atoms with Crippen molar-refractivity contribution in [2.75, 3.05) is 7.11 Å². The van der Waals surface area contributed by atoms with Crippen LogP contribution in [0, 0.1) is 19.1 Å². The molecule has 0 amide bonds. The fraction of sp³-hybridized carbons (Fsp3) is 0.250. The van der Waals surface area contributed by atoms with Crippen LogP contribution in [0.25, 0.3) is 0 Å². The molecule has 0 aliphatic rings. The summed E-state index contributed by atoms with van der Waals surface area (Å²) in [6.45, 7) is 1.99. The minimum absolute atomic E-state index is 0.745. The Hall–Kier alpha value is -1.16. The third-order valence-corrected chi connectivity index (χ3v) is 1.07. The van der Waals surface area contributed by atoms with E-state index in [2.05, 4.69) is 12.1 Å². The Balaban J connectivity index is 2.94. The van der Waals surface area contributed by atoms with Crippen molar-refractivity contribution in [1.29, 1.82) is 0 Å². The molecule has 1 aromatic carbocycles. The number of ether oxygens (including phenoxy) is 1. The average Bonchev–Trinajstić information content (AvgIpc) is 1.88. The first-order chi connectivity index (χ1) is 4.33. The molecule has 0 unspecified atom stereocenters. The molecule has 0 N–H and O–H groups in total. The van der Waals surface area contributed by atoms with Crippen LogP contribution < -0.4 is 4.74 Å². The van der Waals surface area contributed by atoms with Crippen molar-refractivity contribution in [2.24, 2.45) is 0 Å². The summed E-state index contributed by atoms with van der Waals surface area (Å²) in [5.74, 6) is 0.745. The van der Waals surface area contributed by atoms with Gasteiger partial charge in [-0.15, -0.1) is 0 Å². The van der Waals surface area contributed by atoms with Gasteiger partial charge >= 0.3 is 0 Å². The maximum atomic E-state index is 4.91. The van der Waals surface area contributed by atoms with Gasteiger partial charge in [-0.2, -0.15) is 0 Å². The van der Waals surface area contributed by atoms with Crippen molar-refractivity contribution in [3.63, 3.8) is 0 Å². The Morgan fingerprint density at radius 2 is 2.33 bits per heavy atom. The number of aryl methyl sites for hydroxylation is 1. The molecule has 0 aliphatic heterocycles. The Labute approximate surface area is 55.3 Å². The van der Waals surface area contributed by atoms with E-state index in [9.17, 15) is 0 Å². The van der Waals surface area contributed by atoms with Crippen LogP contribution in [-0.4, -0.2) is 7.11 Å². The van der Waals surface area contributed by atoms with E-state index in [4.69, 9.17) is 4.74 Å². The van der Waals surface area contributed by atoms with E-state index in [1.807, 2.05) is 19.1 Å². The predicted octanol–water partition coefficient (Wildman–Crippen LogP) is 1.60. The molecule has 1 aromatic rings. The molecule has 0 saturated carbocycles. The highest BCUT2D eigenvalue weighted by Gasteiger charge is 1.85. The number of hydrogen-bond donors (Lipinski definition) is 0. The topological polar surface area (TPSA) is 9.23 Å². The highest BCUT2D eigenvalue weighted by atomic mass is 16.5. The molecule has 0 aliphatic carbocycles. The van der Waals surface area contributed by atoms with Crippen molar-refractivity contribution >= 4 is 0 Å². The SMILES string of the molecule is COc1c#ccc(C)c1. The molecule has 1 rings (SSSR count). The molecule has 0 heterocycles. The second-order valence-electron chi connectivity index (χ2n) is 1.87. The van der Waals surface area contributed by atoms with E-state index < -0.39 is 0 Å². The fourth-order valence-corrected chi connectivity index (χ4v) is 0.616. The molecule has 1 heteroatoms. The third kappa shape index (κ3) is 1.36. The van der Waals surface area contributed by atoms with Gasteiger partial charge in [0.2, 0.25) is 0 Å². The van der Waals surface area contributed by atoms with E-state index in [-0.39, 0.29) is 0 Å². The molecule has 0 radical (unpaired) electrons. The predicted molar refractivity (Wildman–Crippen MR) is 35.4 cm³/mol. The standard InChI is InChI=1S/C8H8O/c1-7-4-3-5-8(6-7)9-2/h4,6H,1-2H3. The summed E-state index contributed by atoms with van der Waals surface area (Å²) in [7, 11) is 1.62. The van der Waals surface area contributed by atoms with Crippen LogP contribution >= 0.6 is 0 Å². The van der Waals surface area contributed by atoms with E-state index in [0.717, 1.165) is 11.3 Å². The van der Waals surface area contributed by atoms with E-state index in [1.54, 1.807) is 7.11 Å². The summed E-state index contributed by atoms with van der Waals surface area (Å²) in [5, 5.41) is 0. The lowest BCUT2D eigenvalue weighted by Crippen LogP contribution is -1.79. The summed E-state index contributed by atoms with van der Waals surface area (Å²) in [6.07, 6.45) is 0. The Kier molecular flexibility index (Phi) is 1.60. The van der Waals surface area contributed by atoms with Crippen LogP contribution in [0.4, 0.5) is 0 Å². The van der Waals surface area contributed by atoms with Crippen LogP contribution in [0.1, 0.15) is 5.56 Å². The quantitative estimate of drug-likeness (QED) is 0.547. The molecule has 1 nitrogen and oxygen atoms in total. The molecule has 0 fully saturated rings. The second kappa shape index (κ2) is 2.41. The lowest BCUT2D eigenvalue weighted by molar-refractivity contribution is 0.414. The average molecular weight is 120 g/mol. The van der Waals surface area contributed by atoms with Crippen LogP contribution in [0.15, 0.2) is 12.1 Å². The monoisotopic (exact) mass is 120 g/mol. The van der Waals surface area contributed by atoms with Gasteiger partial charge in [0.25, 0.3) is 0 Å². The third-order valence-electron chi connectivity index (χ3n) is 1.07. The van der Waals surface area contributed by atoms with Crippen molar-refractivity contribution in [3.05, 3.63) is 29.8 Å². The van der Waals surface area contributed by atoms with E-state index >= 15 is 0 Å². The maximum absolute atomic E-state index is 4.91. The summed E-state index contributed by atoms with van der Waals surface area (Å²) in [6, 6.07) is 9.42. The van der Waals surface area contributed by atoms with E-state index in [0.29, 0.717) is 0 Å². The zero-order valence-corrected chi connectivity index (χ0v) is 5.56. The Bertz CT molecular complexity index is 194. The first-order valence-electron chi connectivity index (χ1n) is 2.77. The first-order valence-corrected chi connectivity index (χ1v) is 2.77. The molecule has 9 heavy (non-hydrogen) atoms. The van der Waals surface area contributed by atoms with Gasteiger partial charge in [0, 0.05) is 0 Å². The first kappa shape index (κ1) is 5.97. The van der Waals surface area contributed by atoms with Gasteiger partial charge in [-0.05, 0) is 30.7 Å². The molecule has 0 aromatic heterocycles. The molecular weight excluding hydrogens is 112 g/mol. The van der Waals surface area contributed by atoms with Crippen LogP contribution in [0.5, 0.6) is 5.75 Å². The maximum Gasteiger partial charge on any atom is 0.170 e. The van der Waals surface area contributed by atoms with Crippen LogP contribution in [0.3, 0.4) is 0 Å². The lowest BCUT2D eigenvalue weighted by Gasteiger charge is -1.93. The Morgan fingerprint density at radius 1 is 1.56 bits per heavy atom. The number of methoxy groups -OCH3 is 1. The normalized spacial score (nSPS) is 8.22. The number of rotatable bonds is 1. The van der Waals surface area contributed by atoms with Crippen LogP contribution in [-0.2, 0) is 0 Å². The van der Waals surface area contributed by atoms with Gasteiger partial charge in [0.1, 0.15) is 0 Å². The van der Waals surface area contributed by atoms with Gasteiger partial charge in [0.15, 0.2) is 5.75 Å². The summed E-state index contributed by atoms with van der Waals surface area (Å²) in [5.41, 5.74) is 1.14. The smallest absolute Gasteiger partial charge is 0.170 e. The molecule has 0 atom stereocenters. The van der Waals surface area contributed by atoms with Crippen molar-refractivity contribution in [3.8, 4) is 5.75 Å². The fourth-order valence-electron chi connectivity index (χ4n) is 0.616. The highest BCUT2D eigenvalue weighted by Crippen LogP contribution is 2.05. The molecule has 0 saturated heterocycles. The molecule has 0 spiro atoms. The van der Waals surface area contributed by atoms with E-state index in [1.165, 1.54) is 0 Å². The lowest BCUT2D eigenvalue weighted by atomic mass is 10.3. The summed E-state index contributed by atoms with van der Waals surface area (Å²) < 4.78 is 4.91. The molecule has 46 valence electrons. The highest BCUT2D eigenvalue weighted by molar-refractivity contribution is 5.21. The minimum atomic E-state index is 0.745. The summed E-state index contributed by atoms with van der Waals surface area (Å²) >= 11 is 0. The zero-order chi connectivity index (χ0) is 6.69. The summed E-state index contributed by atoms with van der Waals surface area (Å²) in [4.78, 5) is 0. The van der Waals surface area contributed by atoms with Crippen molar-refractivity contribution < 1.29 is 4.74 Å². The van der Waals surface area contributed by atoms with Crippen LogP contribution in [0.2, 0.25) is 0 Å². The molecule has 0 bridgehead atoms. The van der Waals surface area contributed by atoms with Gasteiger partial charge in [-0.1, -0.05) is 6.07 Å². The van der Waals surface area contributed by atoms with Gasteiger partial charge in [-0.25, -0.2) is 0 Å². The van der Waals surface area contributed by atoms with Gasteiger partial charge in [0.05, 0.1) is 7.11 Å². The minimum Gasteiger partial charge on any atom is -0.489 e.